The molecule has 10 nitrogen and oxygen atoms in total. The number of carboxylic acids is 1. The molecule has 0 aliphatic rings. The van der Waals surface area contributed by atoms with Crippen LogP contribution in [0.1, 0.15) is 27.2 Å². The van der Waals surface area contributed by atoms with Crippen LogP contribution < -0.4 is 21.7 Å². The quantitative estimate of drug-likeness (QED) is 0.196. The number of nitrogens with two attached hydrogens (primary N) is 1. The minimum atomic E-state index is -1.39. The van der Waals surface area contributed by atoms with Crippen LogP contribution in [-0.2, 0) is 19.2 Å². The third-order valence-corrected chi connectivity index (χ3v) is 3.77. The summed E-state index contributed by atoms with van der Waals surface area (Å²) in [6.07, 6.45) is -1.00. The van der Waals surface area contributed by atoms with Gasteiger partial charge in [0.1, 0.15) is 18.1 Å². The van der Waals surface area contributed by atoms with Gasteiger partial charge in [-0.15, -0.1) is 0 Å². The summed E-state index contributed by atoms with van der Waals surface area (Å²) in [4.78, 5) is 47.2. The zero-order valence-electron chi connectivity index (χ0n) is 15.1. The van der Waals surface area contributed by atoms with Crippen LogP contribution in [0.15, 0.2) is 0 Å². The molecule has 0 spiro atoms. The van der Waals surface area contributed by atoms with Gasteiger partial charge in [-0.1, -0.05) is 13.8 Å². The van der Waals surface area contributed by atoms with Crippen molar-refractivity contribution in [3.05, 3.63) is 0 Å². The van der Waals surface area contributed by atoms with Crippen molar-refractivity contribution in [1.29, 1.82) is 0 Å². The lowest BCUT2D eigenvalue weighted by molar-refractivity contribution is -0.142. The molecule has 150 valence electrons. The van der Waals surface area contributed by atoms with Gasteiger partial charge >= 0.3 is 5.97 Å². The smallest absolute Gasteiger partial charge is 0.327 e. The van der Waals surface area contributed by atoms with E-state index < -0.39 is 47.9 Å². The Balaban J connectivity index is 5.19. The van der Waals surface area contributed by atoms with E-state index in [0.29, 0.717) is 6.42 Å². The van der Waals surface area contributed by atoms with Crippen LogP contribution in [0.5, 0.6) is 0 Å². The Labute approximate surface area is 157 Å². The summed E-state index contributed by atoms with van der Waals surface area (Å²) in [6.45, 7) is 4.66. The van der Waals surface area contributed by atoms with Crippen molar-refractivity contribution >= 4 is 36.3 Å². The number of nitrogens with one attached hydrogen (secondary N) is 3. The fraction of sp³-hybridized carbons (Fsp3) is 0.733. The number of aliphatic carboxylic acids is 1. The first kappa shape index (κ1) is 24.1. The molecular weight excluding hydrogens is 364 g/mol. The molecule has 0 aliphatic heterocycles. The van der Waals surface area contributed by atoms with Gasteiger partial charge in [0.05, 0.1) is 12.6 Å². The van der Waals surface area contributed by atoms with E-state index in [2.05, 4.69) is 28.6 Å². The fourth-order valence-corrected chi connectivity index (χ4v) is 2.31. The average molecular weight is 392 g/mol. The van der Waals surface area contributed by atoms with E-state index in [9.17, 15) is 24.3 Å². The molecule has 0 aromatic carbocycles. The molecule has 0 heterocycles. The summed E-state index contributed by atoms with van der Waals surface area (Å²) in [7, 11) is 0. The predicted molar refractivity (Wildman–Crippen MR) is 97.5 cm³/mol. The van der Waals surface area contributed by atoms with Gasteiger partial charge in [0.15, 0.2) is 0 Å². The third-order valence-electron chi connectivity index (χ3n) is 3.40. The van der Waals surface area contributed by atoms with E-state index in [1.807, 2.05) is 13.8 Å². The number of carbonyl (C=O) groups excluding carboxylic acids is 3. The first-order valence-electron chi connectivity index (χ1n) is 8.15. The maximum Gasteiger partial charge on any atom is 0.327 e. The van der Waals surface area contributed by atoms with Gasteiger partial charge in [-0.05, 0) is 19.3 Å². The second kappa shape index (κ2) is 11.7. The lowest BCUT2D eigenvalue weighted by Gasteiger charge is -2.26. The van der Waals surface area contributed by atoms with Crippen LogP contribution in [0, 0.1) is 5.92 Å². The number of hydrogen-bond acceptors (Lipinski definition) is 7. The normalized spacial score (nSPS) is 15.5. The molecule has 4 unspecified atom stereocenters. The molecule has 4 atom stereocenters. The van der Waals surface area contributed by atoms with Gasteiger partial charge in [0.2, 0.25) is 17.7 Å². The summed E-state index contributed by atoms with van der Waals surface area (Å²) in [5.74, 6) is -3.49. The Morgan fingerprint density at radius 1 is 1.00 bits per heavy atom. The van der Waals surface area contributed by atoms with E-state index in [0.717, 1.165) is 0 Å². The Morgan fingerprint density at radius 3 is 1.96 bits per heavy atom. The molecule has 0 aliphatic carbocycles. The summed E-state index contributed by atoms with van der Waals surface area (Å²) in [5, 5.41) is 25.8. The van der Waals surface area contributed by atoms with Crippen molar-refractivity contribution in [3.8, 4) is 0 Å². The molecular formula is C15H28N4O6S. The number of hydrogen-bond donors (Lipinski definition) is 7. The minimum absolute atomic E-state index is 0.0585. The summed E-state index contributed by atoms with van der Waals surface area (Å²) >= 11 is 3.83. The van der Waals surface area contributed by atoms with Gasteiger partial charge < -0.3 is 31.9 Å². The number of aliphatic hydroxyl groups excluding tert-OH is 1. The minimum Gasteiger partial charge on any atom is -0.480 e. The van der Waals surface area contributed by atoms with Gasteiger partial charge in [0.25, 0.3) is 0 Å². The molecule has 0 aromatic rings. The molecule has 0 radical (unpaired) electrons. The molecule has 0 fully saturated rings. The Bertz CT molecular complexity index is 514. The largest absolute Gasteiger partial charge is 0.480 e. The Kier molecular flexibility index (Phi) is 10.9. The first-order chi connectivity index (χ1) is 12.0. The first-order valence-corrected chi connectivity index (χ1v) is 8.78. The molecule has 0 aromatic heterocycles. The molecule has 0 rings (SSSR count). The number of thiol groups is 1. The lowest BCUT2D eigenvalue weighted by atomic mass is 10.0. The highest BCUT2D eigenvalue weighted by Crippen LogP contribution is 2.06. The standard InChI is InChI=1S/C15H28N4O6S/c1-7(2)4-9(17-11(21)5-16)13(22)19-12(8(3)20)14(23)18-10(6-26)15(24)25/h7-10,12,20,26H,4-6,16H2,1-3H3,(H,17,21)(H,18,23)(H,19,22)(H,24,25). The zero-order chi connectivity index (χ0) is 20.4. The monoisotopic (exact) mass is 392 g/mol. The summed E-state index contributed by atoms with van der Waals surface area (Å²) < 4.78 is 0. The van der Waals surface area contributed by atoms with Gasteiger partial charge in [-0.25, -0.2) is 4.79 Å². The highest BCUT2D eigenvalue weighted by Gasteiger charge is 2.31. The number of carbonyl (C=O) groups is 4. The topological polar surface area (TPSA) is 171 Å². The predicted octanol–water partition coefficient (Wildman–Crippen LogP) is -2.16. The Morgan fingerprint density at radius 2 is 1.58 bits per heavy atom. The van der Waals surface area contributed by atoms with Crippen molar-refractivity contribution in [2.24, 2.45) is 11.7 Å². The van der Waals surface area contributed by atoms with E-state index in [4.69, 9.17) is 10.8 Å². The highest BCUT2D eigenvalue weighted by atomic mass is 32.1. The fourth-order valence-electron chi connectivity index (χ4n) is 2.06. The van der Waals surface area contributed by atoms with Gasteiger partial charge in [-0.2, -0.15) is 12.6 Å². The average Bonchev–Trinajstić information content (AvgIpc) is 2.55. The SMILES string of the molecule is CC(C)CC(NC(=O)CN)C(=O)NC(C(=O)NC(CS)C(=O)O)C(C)O. The van der Waals surface area contributed by atoms with Crippen LogP contribution in [0.25, 0.3) is 0 Å². The zero-order valence-corrected chi connectivity index (χ0v) is 16.0. The molecule has 3 amide bonds. The van der Waals surface area contributed by atoms with E-state index in [1.165, 1.54) is 6.92 Å². The van der Waals surface area contributed by atoms with E-state index in [1.54, 1.807) is 0 Å². The van der Waals surface area contributed by atoms with Crippen LogP contribution in [0.3, 0.4) is 0 Å². The van der Waals surface area contributed by atoms with Gasteiger partial charge in [0, 0.05) is 5.75 Å². The number of rotatable bonds is 11. The molecule has 26 heavy (non-hydrogen) atoms. The molecule has 0 saturated carbocycles. The molecule has 0 saturated heterocycles. The van der Waals surface area contributed by atoms with Crippen molar-refractivity contribution in [2.75, 3.05) is 12.3 Å². The van der Waals surface area contributed by atoms with E-state index in [-0.39, 0.29) is 18.2 Å². The highest BCUT2D eigenvalue weighted by molar-refractivity contribution is 7.80. The molecule has 0 bridgehead atoms. The second-order valence-corrected chi connectivity index (χ2v) is 6.63. The van der Waals surface area contributed by atoms with Crippen molar-refractivity contribution in [1.82, 2.24) is 16.0 Å². The second-order valence-electron chi connectivity index (χ2n) is 6.26. The van der Waals surface area contributed by atoms with Crippen molar-refractivity contribution in [2.45, 2.75) is 51.4 Å². The van der Waals surface area contributed by atoms with Gasteiger partial charge in [-0.3, -0.25) is 14.4 Å². The van der Waals surface area contributed by atoms with Crippen molar-refractivity contribution < 1.29 is 29.4 Å². The Hall–Kier alpha value is -1.85. The van der Waals surface area contributed by atoms with Crippen LogP contribution in [0.2, 0.25) is 0 Å². The number of aliphatic hydroxyl groups is 1. The maximum absolute atomic E-state index is 12.4. The number of amides is 3. The van der Waals surface area contributed by atoms with Crippen LogP contribution in [0.4, 0.5) is 0 Å². The van der Waals surface area contributed by atoms with Crippen molar-refractivity contribution in [3.63, 3.8) is 0 Å². The third kappa shape index (κ3) is 8.50. The number of carboxylic acid groups (broad SMARTS) is 1. The lowest BCUT2D eigenvalue weighted by Crippen LogP contribution is -2.59. The maximum atomic E-state index is 12.4. The van der Waals surface area contributed by atoms with Crippen LogP contribution in [-0.4, -0.2) is 70.4 Å². The summed E-state index contributed by atoms with van der Waals surface area (Å²) in [5.41, 5.74) is 5.24. The summed E-state index contributed by atoms with van der Waals surface area (Å²) in [6, 6.07) is -3.61. The molecule has 7 N–H and O–H groups in total. The molecule has 11 heteroatoms. The van der Waals surface area contributed by atoms with Crippen LogP contribution >= 0.6 is 12.6 Å². The van der Waals surface area contributed by atoms with E-state index >= 15 is 0 Å².